The maximum Gasteiger partial charge on any atom is 0.326 e. The number of amides is 3. The van der Waals surface area contributed by atoms with Crippen molar-refractivity contribution in [2.24, 2.45) is 5.92 Å². The second-order valence-electron chi connectivity index (χ2n) is 6.96. The van der Waals surface area contributed by atoms with E-state index in [1.165, 1.54) is 0 Å². The molecule has 2 aliphatic heterocycles. The molecule has 7 nitrogen and oxygen atoms in total. The Morgan fingerprint density at radius 1 is 1.33 bits per heavy atom. The molecule has 136 valence electrons. The van der Waals surface area contributed by atoms with Crippen LogP contribution < -0.4 is 16.0 Å². The summed E-state index contributed by atoms with van der Waals surface area (Å²) in [6.45, 7) is 3.87. The molecule has 3 amide bonds. The van der Waals surface area contributed by atoms with Crippen molar-refractivity contribution in [1.82, 2.24) is 16.0 Å². The van der Waals surface area contributed by atoms with E-state index in [-0.39, 0.29) is 29.9 Å². The third-order valence-electron chi connectivity index (χ3n) is 4.42. The number of carboxylic acids is 1. The van der Waals surface area contributed by atoms with E-state index < -0.39 is 12.0 Å². The van der Waals surface area contributed by atoms with E-state index >= 15 is 0 Å². The van der Waals surface area contributed by atoms with Crippen LogP contribution in [0.1, 0.15) is 46.0 Å². The summed E-state index contributed by atoms with van der Waals surface area (Å²) in [5.41, 5.74) is 0. The van der Waals surface area contributed by atoms with E-state index in [9.17, 15) is 14.4 Å². The van der Waals surface area contributed by atoms with Gasteiger partial charge in [0, 0.05) is 17.4 Å². The third kappa shape index (κ3) is 5.29. The Bertz CT molecular complexity index is 486. The minimum atomic E-state index is -0.977. The Labute approximate surface area is 146 Å². The zero-order valence-electron chi connectivity index (χ0n) is 14.2. The lowest BCUT2D eigenvalue weighted by molar-refractivity contribution is -0.142. The highest BCUT2D eigenvalue weighted by Gasteiger charge is 2.42. The van der Waals surface area contributed by atoms with E-state index in [0.29, 0.717) is 18.1 Å². The highest BCUT2D eigenvalue weighted by molar-refractivity contribution is 8.00. The fraction of sp³-hybridized carbons (Fsp3) is 0.812. The van der Waals surface area contributed by atoms with E-state index in [4.69, 9.17) is 5.11 Å². The Morgan fingerprint density at radius 3 is 2.75 bits per heavy atom. The van der Waals surface area contributed by atoms with Crippen molar-refractivity contribution in [2.45, 2.75) is 69.3 Å². The molecule has 2 fully saturated rings. The number of carbonyl (C=O) groups is 3. The van der Waals surface area contributed by atoms with Gasteiger partial charge in [-0.05, 0) is 25.2 Å². The zero-order chi connectivity index (χ0) is 17.7. The smallest absolute Gasteiger partial charge is 0.326 e. The van der Waals surface area contributed by atoms with Crippen LogP contribution in [0.2, 0.25) is 0 Å². The van der Waals surface area contributed by atoms with Gasteiger partial charge in [0.05, 0.1) is 12.1 Å². The van der Waals surface area contributed by atoms with Crippen molar-refractivity contribution < 1.29 is 19.5 Å². The minimum Gasteiger partial charge on any atom is -0.480 e. The highest BCUT2D eigenvalue weighted by atomic mass is 32.2. The monoisotopic (exact) mass is 357 g/mol. The van der Waals surface area contributed by atoms with Gasteiger partial charge in [0.15, 0.2) is 0 Å². The van der Waals surface area contributed by atoms with Crippen molar-refractivity contribution in [1.29, 1.82) is 0 Å². The number of thioether (sulfide) groups is 1. The van der Waals surface area contributed by atoms with Crippen LogP contribution in [0.4, 0.5) is 4.79 Å². The van der Waals surface area contributed by atoms with Crippen LogP contribution in [0, 0.1) is 5.92 Å². The molecule has 2 saturated heterocycles. The Morgan fingerprint density at radius 2 is 2.08 bits per heavy atom. The number of aliphatic carboxylic acids is 1. The number of rotatable bonds is 9. The number of fused-ring (bicyclic) bond motifs is 1. The quantitative estimate of drug-likeness (QED) is 0.368. The van der Waals surface area contributed by atoms with E-state index in [1.807, 2.05) is 25.6 Å². The topological polar surface area (TPSA) is 108 Å². The summed E-state index contributed by atoms with van der Waals surface area (Å²) >= 11 is 1.86. The molecular formula is C16H27N3O4S. The molecule has 0 saturated carbocycles. The van der Waals surface area contributed by atoms with Crippen molar-refractivity contribution in [3.05, 3.63) is 0 Å². The van der Waals surface area contributed by atoms with Gasteiger partial charge in [0.25, 0.3) is 0 Å². The molecule has 0 aromatic rings. The van der Waals surface area contributed by atoms with Gasteiger partial charge in [-0.25, -0.2) is 9.59 Å². The van der Waals surface area contributed by atoms with Crippen LogP contribution in [-0.2, 0) is 9.59 Å². The first-order valence-electron chi connectivity index (χ1n) is 8.57. The predicted molar refractivity (Wildman–Crippen MR) is 93.0 cm³/mol. The second-order valence-corrected chi connectivity index (χ2v) is 8.23. The lowest BCUT2D eigenvalue weighted by Gasteiger charge is -2.17. The Balaban J connectivity index is 1.64. The molecule has 0 spiro atoms. The zero-order valence-corrected chi connectivity index (χ0v) is 15.0. The van der Waals surface area contributed by atoms with Crippen LogP contribution in [-0.4, -0.2) is 52.1 Å². The van der Waals surface area contributed by atoms with Crippen LogP contribution in [0.15, 0.2) is 0 Å². The van der Waals surface area contributed by atoms with Gasteiger partial charge in [-0.1, -0.05) is 20.3 Å². The number of unbranched alkanes of at least 4 members (excludes halogenated alkanes) is 1. The fourth-order valence-electron chi connectivity index (χ4n) is 3.23. The van der Waals surface area contributed by atoms with Crippen LogP contribution in [0.25, 0.3) is 0 Å². The summed E-state index contributed by atoms with van der Waals surface area (Å²) in [6, 6.07) is -0.468. The van der Waals surface area contributed by atoms with Crippen molar-refractivity contribution in [3.63, 3.8) is 0 Å². The molecular weight excluding hydrogens is 330 g/mol. The summed E-state index contributed by atoms with van der Waals surface area (Å²) in [5.74, 6) is -0.0240. The standard InChI is InChI=1S/C16H27N3O4S/c1-9(2)7-10(15(21)22)17-13(20)6-4-3-5-12-14-11(8-24-12)18-16(23)19-14/h9-12,14H,3-8H2,1-2H3,(H,17,20)(H,21,22)(H2,18,19,23)/t10-,11-,12-,14-/m0/s1. The minimum absolute atomic E-state index is 0.0838. The van der Waals surface area contributed by atoms with Gasteiger partial charge in [0.1, 0.15) is 6.04 Å². The number of carbonyl (C=O) groups excluding carboxylic acids is 2. The molecule has 2 aliphatic rings. The number of hydrogen-bond acceptors (Lipinski definition) is 4. The van der Waals surface area contributed by atoms with Gasteiger partial charge >= 0.3 is 12.0 Å². The maximum absolute atomic E-state index is 11.9. The lowest BCUT2D eigenvalue weighted by atomic mass is 10.0. The summed E-state index contributed by atoms with van der Waals surface area (Å²) < 4.78 is 0. The fourth-order valence-corrected chi connectivity index (χ4v) is 4.78. The number of nitrogens with one attached hydrogen (secondary N) is 3. The van der Waals surface area contributed by atoms with Crippen LogP contribution >= 0.6 is 11.8 Å². The average Bonchev–Trinajstić information content (AvgIpc) is 3.02. The molecule has 2 rings (SSSR count). The van der Waals surface area contributed by atoms with Crippen molar-refractivity contribution in [2.75, 3.05) is 5.75 Å². The molecule has 0 aliphatic carbocycles. The van der Waals surface area contributed by atoms with Crippen molar-refractivity contribution in [3.8, 4) is 0 Å². The summed E-state index contributed by atoms with van der Waals surface area (Å²) in [7, 11) is 0. The van der Waals surface area contributed by atoms with Crippen LogP contribution in [0.5, 0.6) is 0 Å². The molecule has 0 aromatic heterocycles. The van der Waals surface area contributed by atoms with Gasteiger partial charge < -0.3 is 21.1 Å². The van der Waals surface area contributed by atoms with Gasteiger partial charge in [-0.15, -0.1) is 0 Å². The molecule has 4 atom stereocenters. The molecule has 8 heteroatoms. The summed E-state index contributed by atoms with van der Waals surface area (Å²) in [5, 5.41) is 18.0. The largest absolute Gasteiger partial charge is 0.480 e. The Kier molecular flexibility index (Phi) is 6.77. The average molecular weight is 357 g/mol. The molecule has 0 bridgehead atoms. The molecule has 2 heterocycles. The third-order valence-corrected chi connectivity index (χ3v) is 5.93. The molecule has 0 radical (unpaired) electrons. The highest BCUT2D eigenvalue weighted by Crippen LogP contribution is 2.33. The lowest BCUT2D eigenvalue weighted by Crippen LogP contribution is -2.41. The summed E-state index contributed by atoms with van der Waals surface area (Å²) in [6.07, 6.45) is 3.37. The van der Waals surface area contributed by atoms with E-state index in [2.05, 4.69) is 16.0 Å². The first-order valence-corrected chi connectivity index (χ1v) is 9.62. The molecule has 24 heavy (non-hydrogen) atoms. The van der Waals surface area contributed by atoms with Gasteiger partial charge in [-0.3, -0.25) is 4.79 Å². The van der Waals surface area contributed by atoms with E-state index in [0.717, 1.165) is 25.0 Å². The number of hydrogen-bond donors (Lipinski definition) is 4. The van der Waals surface area contributed by atoms with Gasteiger partial charge in [-0.2, -0.15) is 11.8 Å². The first kappa shape index (κ1) is 18.9. The second kappa shape index (κ2) is 8.60. The SMILES string of the molecule is CC(C)C[C@H](NC(=O)CCCC[C@@H]1SC[C@@H]2NC(=O)N[C@@H]21)C(=O)O. The van der Waals surface area contributed by atoms with Crippen LogP contribution in [0.3, 0.4) is 0 Å². The molecule has 0 aromatic carbocycles. The van der Waals surface area contributed by atoms with E-state index in [1.54, 1.807) is 0 Å². The Hall–Kier alpha value is -1.44. The number of carboxylic acid groups (broad SMARTS) is 1. The maximum atomic E-state index is 11.9. The molecule has 4 N–H and O–H groups in total. The van der Waals surface area contributed by atoms with Crippen molar-refractivity contribution >= 4 is 29.7 Å². The predicted octanol–water partition coefficient (Wildman–Crippen LogP) is 1.33. The van der Waals surface area contributed by atoms with Gasteiger partial charge in [0.2, 0.25) is 5.91 Å². The molecule has 0 unspecified atom stereocenters. The number of urea groups is 1. The normalized spacial score (nSPS) is 26.6. The summed E-state index contributed by atoms with van der Waals surface area (Å²) in [4.78, 5) is 34.4. The first-order chi connectivity index (χ1) is 11.4.